The third kappa shape index (κ3) is 35.5. The van der Waals surface area contributed by atoms with E-state index in [1.165, 1.54) is 135 Å². The van der Waals surface area contributed by atoms with Gasteiger partial charge in [0.1, 0.15) is 0 Å². The predicted octanol–water partition coefficient (Wildman–Crippen LogP) is 12.4. The summed E-state index contributed by atoms with van der Waals surface area (Å²) in [5.74, 6) is -0.0814. The smallest absolute Gasteiger partial charge is 0.220 e. The summed E-state index contributed by atoms with van der Waals surface area (Å²) in [6, 6.07) is -0.643. The van der Waals surface area contributed by atoms with Crippen molar-refractivity contribution in [2.45, 2.75) is 212 Å². The number of amides is 1. The van der Waals surface area contributed by atoms with E-state index in [0.29, 0.717) is 6.42 Å². The van der Waals surface area contributed by atoms with Crippen LogP contribution < -0.4 is 5.32 Å². The standard InChI is InChI=1S/C43H79NO3/c1-3-5-7-9-11-13-15-16-17-18-19-20-21-22-23-24-25-26-27-28-29-31-33-35-37-39-43(47)44-41(40-45)42(46)38-36-34-32-30-14-12-10-8-6-4-2/h6,8,14,18-19,30,36,38,41-42,45-46H,3-5,7,9-13,15-17,20-29,31-35,37,39-40H2,1-2H3,(H,44,47)/b8-6+,19-18-,30-14+,38-36+. The van der Waals surface area contributed by atoms with Crippen molar-refractivity contribution in [2.24, 2.45) is 0 Å². The van der Waals surface area contributed by atoms with E-state index in [0.717, 1.165) is 44.9 Å². The van der Waals surface area contributed by atoms with E-state index in [9.17, 15) is 15.0 Å². The molecule has 0 aromatic carbocycles. The Morgan fingerprint density at radius 1 is 0.511 bits per heavy atom. The number of hydrogen-bond acceptors (Lipinski definition) is 3. The Bertz CT molecular complexity index is 756. The van der Waals surface area contributed by atoms with E-state index in [1.807, 2.05) is 6.08 Å². The molecule has 274 valence electrons. The van der Waals surface area contributed by atoms with Crippen LogP contribution in [0.15, 0.2) is 48.6 Å². The van der Waals surface area contributed by atoms with Crippen molar-refractivity contribution in [2.75, 3.05) is 6.61 Å². The minimum Gasteiger partial charge on any atom is -0.394 e. The topological polar surface area (TPSA) is 69.6 Å². The second-order valence-electron chi connectivity index (χ2n) is 13.7. The van der Waals surface area contributed by atoms with E-state index in [-0.39, 0.29) is 12.5 Å². The fraction of sp³-hybridized carbons (Fsp3) is 0.791. The van der Waals surface area contributed by atoms with Crippen LogP contribution in [0.4, 0.5) is 0 Å². The van der Waals surface area contributed by atoms with Crippen molar-refractivity contribution < 1.29 is 15.0 Å². The van der Waals surface area contributed by atoms with Crippen LogP contribution in [-0.4, -0.2) is 34.9 Å². The second kappa shape index (κ2) is 38.8. The number of allylic oxidation sites excluding steroid dienone is 7. The molecular formula is C43H79NO3. The quantitative estimate of drug-likeness (QED) is 0.0464. The van der Waals surface area contributed by atoms with Gasteiger partial charge in [-0.25, -0.2) is 0 Å². The number of aliphatic hydroxyl groups is 2. The molecule has 0 heterocycles. The number of carbonyl (C=O) groups excluding carboxylic acids is 1. The van der Waals surface area contributed by atoms with Crippen molar-refractivity contribution in [3.63, 3.8) is 0 Å². The maximum atomic E-state index is 12.3. The zero-order valence-corrected chi connectivity index (χ0v) is 31.3. The lowest BCUT2D eigenvalue weighted by Gasteiger charge is -2.19. The molecule has 0 aromatic rings. The van der Waals surface area contributed by atoms with Gasteiger partial charge < -0.3 is 15.5 Å². The summed E-state index contributed by atoms with van der Waals surface area (Å²) in [5, 5.41) is 22.8. The molecule has 0 aliphatic rings. The lowest BCUT2D eigenvalue weighted by atomic mass is 10.0. The van der Waals surface area contributed by atoms with Gasteiger partial charge in [0.05, 0.1) is 18.8 Å². The van der Waals surface area contributed by atoms with Gasteiger partial charge in [0, 0.05) is 6.42 Å². The molecule has 0 saturated carbocycles. The van der Waals surface area contributed by atoms with Crippen molar-refractivity contribution in [3.05, 3.63) is 48.6 Å². The summed E-state index contributed by atoms with van der Waals surface area (Å²) in [6.07, 6.45) is 52.3. The molecule has 1 amide bonds. The molecule has 0 spiro atoms. The van der Waals surface area contributed by atoms with Gasteiger partial charge >= 0.3 is 0 Å². The molecule has 0 saturated heterocycles. The highest BCUT2D eigenvalue weighted by Gasteiger charge is 2.17. The maximum Gasteiger partial charge on any atom is 0.220 e. The normalized spacial score (nSPS) is 13.5. The number of nitrogens with one attached hydrogen (secondary N) is 1. The molecule has 4 nitrogen and oxygen atoms in total. The third-order valence-electron chi connectivity index (χ3n) is 9.02. The minimum absolute atomic E-state index is 0.0814. The lowest BCUT2D eigenvalue weighted by molar-refractivity contribution is -0.123. The van der Waals surface area contributed by atoms with Crippen LogP contribution in [0.3, 0.4) is 0 Å². The molecular weight excluding hydrogens is 578 g/mol. The lowest BCUT2D eigenvalue weighted by Crippen LogP contribution is -2.45. The van der Waals surface area contributed by atoms with Gasteiger partial charge in [-0.3, -0.25) is 4.79 Å². The fourth-order valence-corrected chi connectivity index (χ4v) is 5.92. The average molecular weight is 658 g/mol. The number of hydrogen-bond donors (Lipinski definition) is 3. The van der Waals surface area contributed by atoms with Gasteiger partial charge in [-0.05, 0) is 64.2 Å². The Morgan fingerprint density at radius 3 is 1.34 bits per heavy atom. The van der Waals surface area contributed by atoms with Crippen LogP contribution in [-0.2, 0) is 4.79 Å². The molecule has 0 bridgehead atoms. The molecule has 0 aliphatic heterocycles. The Balaban J connectivity index is 3.52. The number of unbranched alkanes of at least 4 members (excludes halogenated alkanes) is 23. The van der Waals surface area contributed by atoms with Crippen molar-refractivity contribution in [1.29, 1.82) is 0 Å². The molecule has 47 heavy (non-hydrogen) atoms. The Morgan fingerprint density at radius 2 is 0.894 bits per heavy atom. The van der Waals surface area contributed by atoms with Crippen molar-refractivity contribution in [1.82, 2.24) is 5.32 Å². The van der Waals surface area contributed by atoms with Crippen LogP contribution in [0.5, 0.6) is 0 Å². The second-order valence-corrected chi connectivity index (χ2v) is 13.7. The molecule has 0 rings (SSSR count). The number of rotatable bonds is 36. The van der Waals surface area contributed by atoms with Crippen LogP contribution >= 0.6 is 0 Å². The highest BCUT2D eigenvalue weighted by molar-refractivity contribution is 5.76. The summed E-state index contributed by atoms with van der Waals surface area (Å²) >= 11 is 0. The molecule has 2 atom stereocenters. The average Bonchev–Trinajstić information content (AvgIpc) is 3.07. The van der Waals surface area contributed by atoms with Gasteiger partial charge in [-0.1, -0.05) is 178 Å². The Hall–Kier alpha value is -1.65. The number of carbonyl (C=O) groups is 1. The van der Waals surface area contributed by atoms with E-state index < -0.39 is 12.1 Å². The highest BCUT2D eigenvalue weighted by atomic mass is 16.3. The molecule has 3 N–H and O–H groups in total. The monoisotopic (exact) mass is 658 g/mol. The predicted molar refractivity (Wildman–Crippen MR) is 207 cm³/mol. The summed E-state index contributed by atoms with van der Waals surface area (Å²) in [7, 11) is 0. The van der Waals surface area contributed by atoms with Gasteiger partial charge in [0.25, 0.3) is 0 Å². The van der Waals surface area contributed by atoms with E-state index in [4.69, 9.17) is 0 Å². The first-order chi connectivity index (χ1) is 23.2. The first kappa shape index (κ1) is 45.3. The van der Waals surface area contributed by atoms with Gasteiger partial charge in [0.15, 0.2) is 0 Å². The minimum atomic E-state index is -0.867. The summed E-state index contributed by atoms with van der Waals surface area (Å²) in [6.45, 7) is 4.17. The molecule has 4 heteroatoms. The van der Waals surface area contributed by atoms with Crippen molar-refractivity contribution in [3.8, 4) is 0 Å². The summed E-state index contributed by atoms with van der Waals surface area (Å²) in [5.41, 5.74) is 0. The van der Waals surface area contributed by atoms with Crippen LogP contribution in [0.2, 0.25) is 0 Å². The molecule has 0 aliphatic carbocycles. The SMILES string of the molecule is CC/C=C/CC/C=C/CC/C=C/C(O)C(CO)NC(=O)CCCCCCCCCCCCCCC/C=C\CCCCCCCCCC. The van der Waals surface area contributed by atoms with E-state index >= 15 is 0 Å². The van der Waals surface area contributed by atoms with Crippen molar-refractivity contribution >= 4 is 5.91 Å². The van der Waals surface area contributed by atoms with Gasteiger partial charge in [0.2, 0.25) is 5.91 Å². The molecule has 0 aromatic heterocycles. The van der Waals surface area contributed by atoms with Crippen LogP contribution in [0.25, 0.3) is 0 Å². The Kier molecular flexibility index (Phi) is 37.4. The van der Waals surface area contributed by atoms with Gasteiger partial charge in [-0.2, -0.15) is 0 Å². The van der Waals surface area contributed by atoms with Crippen LogP contribution in [0.1, 0.15) is 200 Å². The highest BCUT2D eigenvalue weighted by Crippen LogP contribution is 2.14. The first-order valence-electron chi connectivity index (χ1n) is 20.4. The zero-order valence-electron chi connectivity index (χ0n) is 31.3. The first-order valence-corrected chi connectivity index (χ1v) is 20.4. The summed E-state index contributed by atoms with van der Waals surface area (Å²) < 4.78 is 0. The van der Waals surface area contributed by atoms with Gasteiger partial charge in [-0.15, -0.1) is 0 Å². The Labute approximate surface area is 293 Å². The summed E-state index contributed by atoms with van der Waals surface area (Å²) in [4.78, 5) is 12.3. The fourth-order valence-electron chi connectivity index (χ4n) is 5.92. The third-order valence-corrected chi connectivity index (χ3v) is 9.02. The molecule has 0 radical (unpaired) electrons. The van der Waals surface area contributed by atoms with E-state index in [2.05, 4.69) is 55.6 Å². The van der Waals surface area contributed by atoms with Crippen LogP contribution in [0, 0.1) is 0 Å². The molecule has 2 unspecified atom stereocenters. The number of aliphatic hydroxyl groups excluding tert-OH is 2. The largest absolute Gasteiger partial charge is 0.394 e. The maximum absolute atomic E-state index is 12.3. The van der Waals surface area contributed by atoms with E-state index in [1.54, 1.807) is 6.08 Å². The zero-order chi connectivity index (χ0) is 34.3. The molecule has 0 fully saturated rings.